The highest BCUT2D eigenvalue weighted by Gasteiger charge is 2.37. The number of hydrogen-bond donors (Lipinski definition) is 2. The number of carbonyl (C=O) groups excluding carboxylic acids is 1. The Bertz CT molecular complexity index is 442. The summed E-state index contributed by atoms with van der Waals surface area (Å²) in [6.45, 7) is 1.93. The van der Waals surface area contributed by atoms with Crippen LogP contribution in [0.5, 0.6) is 0 Å². The molecule has 1 unspecified atom stereocenters. The number of nitrogens with one attached hydrogen (secondary N) is 2. The van der Waals surface area contributed by atoms with Crippen LogP contribution in [-0.2, 0) is 4.79 Å². The van der Waals surface area contributed by atoms with Crippen molar-refractivity contribution >= 4 is 23.5 Å². The molecule has 84 valence electrons. The van der Waals surface area contributed by atoms with Gasteiger partial charge >= 0.3 is 0 Å². The van der Waals surface area contributed by atoms with Gasteiger partial charge in [-0.25, -0.2) is 0 Å². The maximum atomic E-state index is 12.0. The van der Waals surface area contributed by atoms with Crippen LogP contribution in [0.1, 0.15) is 25.3 Å². The molecule has 1 aliphatic heterocycles. The molecule has 1 aromatic heterocycles. The third-order valence-corrected chi connectivity index (χ3v) is 4.22. The number of carbonyl (C=O) groups is 1. The lowest BCUT2D eigenvalue weighted by Crippen LogP contribution is -2.35. The summed E-state index contributed by atoms with van der Waals surface area (Å²) in [6.07, 6.45) is 3.34. The van der Waals surface area contributed by atoms with Crippen LogP contribution in [0.25, 0.3) is 0 Å². The molecule has 2 rings (SSSR count). The van der Waals surface area contributed by atoms with Crippen LogP contribution < -0.4 is 5.32 Å². The van der Waals surface area contributed by atoms with E-state index in [4.69, 9.17) is 5.26 Å². The van der Waals surface area contributed by atoms with Crippen molar-refractivity contribution in [2.24, 2.45) is 0 Å². The number of hydrogen-bond acceptors (Lipinski definition) is 4. The van der Waals surface area contributed by atoms with Gasteiger partial charge in [0.2, 0.25) is 5.91 Å². The predicted octanol–water partition coefficient (Wildman–Crippen LogP) is 1.51. The molecule has 16 heavy (non-hydrogen) atoms. The molecule has 0 radical (unpaired) electrons. The molecule has 2 heterocycles. The summed E-state index contributed by atoms with van der Waals surface area (Å²) in [5.74, 6) is 1.34. The Morgan fingerprint density at radius 3 is 3.25 bits per heavy atom. The molecule has 0 aromatic carbocycles. The molecule has 1 aliphatic rings. The smallest absolute Gasteiger partial charge is 0.241 e. The Hall–Kier alpha value is -1.48. The van der Waals surface area contributed by atoms with Crippen molar-refractivity contribution in [2.45, 2.75) is 24.5 Å². The summed E-state index contributed by atoms with van der Waals surface area (Å²) in [6, 6.07) is 1.97. The lowest BCUT2D eigenvalue weighted by molar-refractivity contribution is -0.118. The highest BCUT2D eigenvalue weighted by molar-refractivity contribution is 8.01. The van der Waals surface area contributed by atoms with Crippen molar-refractivity contribution in [1.82, 2.24) is 10.2 Å². The number of rotatable bonds is 2. The summed E-state index contributed by atoms with van der Waals surface area (Å²) < 4.78 is -0.377. The lowest BCUT2D eigenvalue weighted by Gasteiger charge is -2.20. The average molecular weight is 236 g/mol. The van der Waals surface area contributed by atoms with Crippen molar-refractivity contribution in [3.05, 3.63) is 11.8 Å². The van der Waals surface area contributed by atoms with Gasteiger partial charge in [0.25, 0.3) is 0 Å². The lowest BCUT2D eigenvalue weighted by atomic mass is 10.1. The quantitative estimate of drug-likeness (QED) is 0.815. The highest BCUT2D eigenvalue weighted by Crippen LogP contribution is 2.38. The van der Waals surface area contributed by atoms with Crippen molar-refractivity contribution in [3.63, 3.8) is 0 Å². The first-order chi connectivity index (χ1) is 7.65. The Kier molecular flexibility index (Phi) is 2.88. The minimum atomic E-state index is -0.377. The molecule has 0 aliphatic carbocycles. The summed E-state index contributed by atoms with van der Waals surface area (Å²) in [5, 5.41) is 17.8. The van der Waals surface area contributed by atoms with Crippen molar-refractivity contribution in [2.75, 3.05) is 11.1 Å². The van der Waals surface area contributed by atoms with Crippen molar-refractivity contribution in [3.8, 4) is 6.07 Å². The van der Waals surface area contributed by atoms with Gasteiger partial charge in [0.1, 0.15) is 17.5 Å². The minimum absolute atomic E-state index is 0.0595. The monoisotopic (exact) mass is 236 g/mol. The number of aromatic nitrogens is 2. The fourth-order valence-electron chi connectivity index (χ4n) is 1.67. The van der Waals surface area contributed by atoms with Crippen LogP contribution in [0, 0.1) is 11.3 Å². The van der Waals surface area contributed by atoms with E-state index < -0.39 is 0 Å². The number of aromatic amines is 1. The van der Waals surface area contributed by atoms with E-state index in [-0.39, 0.29) is 10.7 Å². The van der Waals surface area contributed by atoms with E-state index in [0.29, 0.717) is 11.4 Å². The van der Waals surface area contributed by atoms with E-state index in [0.717, 1.165) is 18.6 Å². The van der Waals surface area contributed by atoms with Crippen LogP contribution in [0.15, 0.2) is 6.20 Å². The molecular weight excluding hydrogens is 224 g/mol. The Balaban J connectivity index is 2.11. The molecule has 6 heteroatoms. The topological polar surface area (TPSA) is 81.6 Å². The molecule has 2 N–H and O–H groups in total. The molecule has 0 saturated carbocycles. The van der Waals surface area contributed by atoms with E-state index in [1.807, 2.05) is 13.0 Å². The molecule has 1 atom stereocenters. The number of H-pyrrole nitrogens is 1. The Labute approximate surface area is 97.6 Å². The van der Waals surface area contributed by atoms with Crippen molar-refractivity contribution in [1.29, 1.82) is 5.26 Å². The molecule has 5 nitrogen and oxygen atoms in total. The average Bonchev–Trinajstić information content (AvgIpc) is 2.87. The summed E-state index contributed by atoms with van der Waals surface area (Å²) in [7, 11) is 0. The zero-order chi connectivity index (χ0) is 11.6. The number of amides is 1. The highest BCUT2D eigenvalue weighted by atomic mass is 32.2. The number of nitriles is 1. The molecular formula is C10H12N4OS. The van der Waals surface area contributed by atoms with Crippen LogP contribution in [-0.4, -0.2) is 26.6 Å². The third-order valence-electron chi connectivity index (χ3n) is 2.70. The van der Waals surface area contributed by atoms with Gasteiger partial charge in [0.15, 0.2) is 0 Å². The van der Waals surface area contributed by atoms with Gasteiger partial charge in [-0.2, -0.15) is 10.4 Å². The normalized spacial score (nSPS) is 24.0. The number of thioether (sulfide) groups is 1. The zero-order valence-corrected chi connectivity index (χ0v) is 9.73. The third kappa shape index (κ3) is 1.91. The van der Waals surface area contributed by atoms with E-state index in [1.54, 1.807) is 11.8 Å². The van der Waals surface area contributed by atoms with E-state index >= 15 is 0 Å². The second-order valence-electron chi connectivity index (χ2n) is 3.91. The maximum absolute atomic E-state index is 12.0. The molecule has 1 saturated heterocycles. The Morgan fingerprint density at radius 1 is 1.81 bits per heavy atom. The summed E-state index contributed by atoms with van der Waals surface area (Å²) in [5.41, 5.74) is 0.361. The fraction of sp³-hybridized carbons (Fsp3) is 0.500. The van der Waals surface area contributed by atoms with Crippen LogP contribution in [0.3, 0.4) is 0 Å². The minimum Gasteiger partial charge on any atom is -0.309 e. The van der Waals surface area contributed by atoms with E-state index in [2.05, 4.69) is 15.5 Å². The fourth-order valence-corrected chi connectivity index (χ4v) is 2.88. The number of nitrogens with zero attached hydrogens (tertiary/aromatic N) is 2. The van der Waals surface area contributed by atoms with E-state index in [1.165, 1.54) is 6.20 Å². The Morgan fingerprint density at radius 2 is 2.62 bits per heavy atom. The summed E-state index contributed by atoms with van der Waals surface area (Å²) >= 11 is 1.66. The van der Waals surface area contributed by atoms with E-state index in [9.17, 15) is 4.79 Å². The standard InChI is InChI=1S/C10H12N4OS/c1-10(3-2-4-16-10)9(15)13-8-7(5-11)6-12-14-8/h6H,2-4H2,1H3,(H2,12,13,14,15). The first-order valence-electron chi connectivity index (χ1n) is 5.04. The second-order valence-corrected chi connectivity index (χ2v) is 5.51. The van der Waals surface area contributed by atoms with Gasteiger partial charge in [-0.05, 0) is 25.5 Å². The SMILES string of the molecule is CC1(C(=O)Nc2[nH]ncc2C#N)CCCS1. The molecule has 1 fully saturated rings. The number of anilines is 1. The molecule has 0 bridgehead atoms. The largest absolute Gasteiger partial charge is 0.309 e. The van der Waals surface area contributed by atoms with Gasteiger partial charge in [-0.15, -0.1) is 11.8 Å². The van der Waals surface area contributed by atoms with Crippen LogP contribution >= 0.6 is 11.8 Å². The van der Waals surface area contributed by atoms with Crippen molar-refractivity contribution < 1.29 is 4.79 Å². The predicted molar refractivity (Wildman–Crippen MR) is 62.0 cm³/mol. The van der Waals surface area contributed by atoms with Crippen LogP contribution in [0.4, 0.5) is 5.82 Å². The molecule has 1 aromatic rings. The van der Waals surface area contributed by atoms with Crippen LogP contribution in [0.2, 0.25) is 0 Å². The first kappa shape index (κ1) is 11.0. The van der Waals surface area contributed by atoms with Gasteiger partial charge in [-0.1, -0.05) is 0 Å². The van der Waals surface area contributed by atoms with Gasteiger partial charge < -0.3 is 5.32 Å². The van der Waals surface area contributed by atoms with Gasteiger partial charge in [-0.3, -0.25) is 9.89 Å². The molecule has 1 amide bonds. The first-order valence-corrected chi connectivity index (χ1v) is 6.03. The zero-order valence-electron chi connectivity index (χ0n) is 8.91. The van der Waals surface area contributed by atoms with Gasteiger partial charge in [0.05, 0.1) is 10.9 Å². The maximum Gasteiger partial charge on any atom is 0.241 e. The summed E-state index contributed by atoms with van der Waals surface area (Å²) in [4.78, 5) is 12.0. The second kappa shape index (κ2) is 4.18. The van der Waals surface area contributed by atoms with Gasteiger partial charge in [0, 0.05) is 0 Å². The molecule has 0 spiro atoms.